The number of ether oxygens (including phenoxy) is 3. The molecule has 0 saturated carbocycles. The molecule has 0 bridgehead atoms. The van der Waals surface area contributed by atoms with Crippen molar-refractivity contribution in [2.24, 2.45) is 0 Å². The van der Waals surface area contributed by atoms with E-state index in [-0.39, 0.29) is 12.0 Å². The van der Waals surface area contributed by atoms with E-state index in [0.29, 0.717) is 24.8 Å². The highest BCUT2D eigenvalue weighted by Crippen LogP contribution is 2.37. The van der Waals surface area contributed by atoms with Crippen LogP contribution in [0.3, 0.4) is 0 Å². The molecule has 3 N–H and O–H groups in total. The van der Waals surface area contributed by atoms with Crippen molar-refractivity contribution in [3.63, 3.8) is 0 Å². The molecule has 2 aliphatic heterocycles. The molecule has 10 heteroatoms. The molecule has 0 radical (unpaired) electrons. The van der Waals surface area contributed by atoms with Crippen LogP contribution in [0.25, 0.3) is 11.3 Å². The molecule has 2 aromatic heterocycles. The standard InChI is InChI=1S/C26H32N6O4/c1-26(17-33)16-29-24-20(26)13-18(15-28-24)21-5-6-27-25(30-21)31-22-4-3-19(14-23(22)34-2)36-12-9-32-7-10-35-11-8-32/h3-6,13-15,33H,7-12,16-17H2,1-2H3,(H,28,29)(H,27,30,31). The number of hydrogen-bond donors (Lipinski definition) is 3. The second-order valence-electron chi connectivity index (χ2n) is 9.25. The van der Waals surface area contributed by atoms with Gasteiger partial charge < -0.3 is 30.0 Å². The van der Waals surface area contributed by atoms with Crippen LogP contribution < -0.4 is 20.1 Å². The number of fused-ring (bicyclic) bond motifs is 1. The third kappa shape index (κ3) is 5.20. The van der Waals surface area contributed by atoms with E-state index in [9.17, 15) is 5.11 Å². The Labute approximate surface area is 210 Å². The smallest absolute Gasteiger partial charge is 0.227 e. The van der Waals surface area contributed by atoms with Crippen LogP contribution in [0.1, 0.15) is 12.5 Å². The number of aliphatic hydroxyl groups excluding tert-OH is 1. The van der Waals surface area contributed by atoms with E-state index in [1.807, 2.05) is 37.3 Å². The van der Waals surface area contributed by atoms with Crippen LogP contribution in [0, 0.1) is 0 Å². The van der Waals surface area contributed by atoms with Gasteiger partial charge in [-0.3, -0.25) is 4.90 Å². The van der Waals surface area contributed by atoms with Gasteiger partial charge in [-0.25, -0.2) is 15.0 Å². The molecule has 36 heavy (non-hydrogen) atoms. The Bertz CT molecular complexity index is 1200. The van der Waals surface area contributed by atoms with Crippen LogP contribution in [0.15, 0.2) is 42.7 Å². The third-order valence-corrected chi connectivity index (χ3v) is 6.68. The number of nitrogens with one attached hydrogen (secondary N) is 2. The van der Waals surface area contributed by atoms with Crippen LogP contribution in [0.2, 0.25) is 0 Å². The highest BCUT2D eigenvalue weighted by molar-refractivity contribution is 5.68. The van der Waals surface area contributed by atoms with Crippen molar-refractivity contribution in [3.8, 4) is 22.8 Å². The Hall–Kier alpha value is -3.47. The lowest BCUT2D eigenvalue weighted by atomic mass is 9.85. The van der Waals surface area contributed by atoms with Gasteiger partial charge in [-0.1, -0.05) is 6.92 Å². The molecule has 190 valence electrons. The molecule has 1 aromatic carbocycles. The highest BCUT2D eigenvalue weighted by Gasteiger charge is 2.35. The van der Waals surface area contributed by atoms with Gasteiger partial charge in [0.2, 0.25) is 5.95 Å². The number of methoxy groups -OCH3 is 1. The fraction of sp³-hybridized carbons (Fsp3) is 0.423. The van der Waals surface area contributed by atoms with Gasteiger partial charge in [-0.15, -0.1) is 0 Å². The van der Waals surface area contributed by atoms with Gasteiger partial charge in [-0.05, 0) is 24.3 Å². The molecular weight excluding hydrogens is 460 g/mol. The fourth-order valence-electron chi connectivity index (χ4n) is 4.40. The van der Waals surface area contributed by atoms with E-state index in [2.05, 4.69) is 30.5 Å². The van der Waals surface area contributed by atoms with E-state index < -0.39 is 0 Å². The first-order valence-corrected chi connectivity index (χ1v) is 12.1. The first kappa shape index (κ1) is 24.2. The molecule has 0 aliphatic carbocycles. The summed E-state index contributed by atoms with van der Waals surface area (Å²) in [6.07, 6.45) is 3.49. The summed E-state index contributed by atoms with van der Waals surface area (Å²) >= 11 is 0. The summed E-state index contributed by atoms with van der Waals surface area (Å²) in [6, 6.07) is 9.54. The second-order valence-corrected chi connectivity index (χ2v) is 9.25. The van der Waals surface area contributed by atoms with Crippen LogP contribution in [-0.4, -0.2) is 84.7 Å². The summed E-state index contributed by atoms with van der Waals surface area (Å²) < 4.78 is 16.9. The average molecular weight is 493 g/mol. The van der Waals surface area contributed by atoms with Crippen molar-refractivity contribution >= 4 is 17.5 Å². The number of pyridine rings is 1. The largest absolute Gasteiger partial charge is 0.494 e. The molecule has 2 aliphatic rings. The van der Waals surface area contributed by atoms with Gasteiger partial charge in [0.1, 0.15) is 23.9 Å². The minimum absolute atomic E-state index is 0.0431. The predicted molar refractivity (Wildman–Crippen MR) is 137 cm³/mol. The van der Waals surface area contributed by atoms with Crippen molar-refractivity contribution in [2.75, 3.05) is 70.3 Å². The Morgan fingerprint density at radius 3 is 2.86 bits per heavy atom. The van der Waals surface area contributed by atoms with Crippen LogP contribution >= 0.6 is 0 Å². The molecule has 10 nitrogen and oxygen atoms in total. The van der Waals surface area contributed by atoms with Crippen molar-refractivity contribution in [1.29, 1.82) is 0 Å². The van der Waals surface area contributed by atoms with Gasteiger partial charge in [-0.2, -0.15) is 0 Å². The zero-order chi connectivity index (χ0) is 25.0. The number of nitrogens with zero attached hydrogens (tertiary/aromatic N) is 4. The molecule has 0 amide bonds. The molecule has 3 aromatic rings. The van der Waals surface area contributed by atoms with Crippen molar-refractivity contribution in [1.82, 2.24) is 19.9 Å². The van der Waals surface area contributed by atoms with Gasteiger partial charge in [0, 0.05) is 61.2 Å². The molecular formula is C26H32N6O4. The number of aromatic nitrogens is 3. The van der Waals surface area contributed by atoms with Crippen LogP contribution in [0.4, 0.5) is 17.5 Å². The molecule has 5 rings (SSSR count). The molecule has 1 fully saturated rings. The Balaban J connectivity index is 1.28. The molecule has 4 heterocycles. The zero-order valence-electron chi connectivity index (χ0n) is 20.7. The SMILES string of the molecule is COc1cc(OCCN2CCOCC2)ccc1Nc1nccc(-c2cnc3c(c2)C(C)(CO)CN3)n1. The normalized spacial score (nSPS) is 19.4. The lowest BCUT2D eigenvalue weighted by molar-refractivity contribution is 0.0322. The monoisotopic (exact) mass is 492 g/mol. The second kappa shape index (κ2) is 10.7. The van der Waals surface area contributed by atoms with Crippen LogP contribution in [-0.2, 0) is 10.2 Å². The zero-order valence-corrected chi connectivity index (χ0v) is 20.7. The molecule has 1 atom stereocenters. The van der Waals surface area contributed by atoms with Crippen LogP contribution in [0.5, 0.6) is 11.5 Å². The molecule has 0 spiro atoms. The van der Waals surface area contributed by atoms with E-state index >= 15 is 0 Å². The van der Waals surface area contributed by atoms with Crippen molar-refractivity contribution < 1.29 is 19.3 Å². The van der Waals surface area contributed by atoms with Crippen molar-refractivity contribution in [3.05, 3.63) is 48.3 Å². The number of benzene rings is 1. The van der Waals surface area contributed by atoms with Crippen molar-refractivity contribution in [2.45, 2.75) is 12.3 Å². The van der Waals surface area contributed by atoms with E-state index in [4.69, 9.17) is 14.2 Å². The quantitative estimate of drug-likeness (QED) is 0.412. The summed E-state index contributed by atoms with van der Waals surface area (Å²) in [6.45, 7) is 7.60. The summed E-state index contributed by atoms with van der Waals surface area (Å²) in [5.41, 5.74) is 2.95. The number of hydrogen-bond acceptors (Lipinski definition) is 10. The van der Waals surface area contributed by atoms with Gasteiger partial charge in [0.15, 0.2) is 0 Å². The number of anilines is 3. The number of rotatable bonds is 9. The lowest BCUT2D eigenvalue weighted by Crippen LogP contribution is -2.38. The van der Waals surface area contributed by atoms with E-state index in [0.717, 1.165) is 66.9 Å². The third-order valence-electron chi connectivity index (χ3n) is 6.68. The van der Waals surface area contributed by atoms with Gasteiger partial charge in [0.05, 0.1) is 38.3 Å². The Kier molecular flexibility index (Phi) is 7.17. The summed E-state index contributed by atoms with van der Waals surface area (Å²) in [7, 11) is 1.62. The predicted octanol–water partition coefficient (Wildman–Crippen LogP) is 2.68. The minimum atomic E-state index is -0.369. The highest BCUT2D eigenvalue weighted by atomic mass is 16.5. The van der Waals surface area contributed by atoms with E-state index in [1.54, 1.807) is 19.5 Å². The maximum atomic E-state index is 9.89. The van der Waals surface area contributed by atoms with Gasteiger partial charge in [0.25, 0.3) is 0 Å². The number of aliphatic hydroxyl groups is 1. The minimum Gasteiger partial charge on any atom is -0.494 e. The topological polar surface area (TPSA) is 114 Å². The first-order chi connectivity index (χ1) is 17.6. The lowest BCUT2D eigenvalue weighted by Gasteiger charge is -2.26. The molecule has 1 saturated heterocycles. The molecule has 1 unspecified atom stereocenters. The summed E-state index contributed by atoms with van der Waals surface area (Å²) in [5.74, 6) is 2.62. The number of morpholine rings is 1. The summed E-state index contributed by atoms with van der Waals surface area (Å²) in [5, 5.41) is 16.4. The van der Waals surface area contributed by atoms with E-state index in [1.165, 1.54) is 0 Å². The first-order valence-electron chi connectivity index (χ1n) is 12.1. The average Bonchev–Trinajstić information content (AvgIpc) is 3.26. The Morgan fingerprint density at radius 2 is 2.06 bits per heavy atom. The maximum absolute atomic E-state index is 9.89. The summed E-state index contributed by atoms with van der Waals surface area (Å²) in [4.78, 5) is 15.9. The fourth-order valence-corrected chi connectivity index (χ4v) is 4.40. The Morgan fingerprint density at radius 1 is 1.19 bits per heavy atom. The van der Waals surface area contributed by atoms with Gasteiger partial charge >= 0.3 is 0 Å². The maximum Gasteiger partial charge on any atom is 0.227 e.